The molecule has 1 unspecified atom stereocenters. The molecular formula is C20H25N5O2. The molecule has 142 valence electrons. The van der Waals surface area contributed by atoms with Crippen LogP contribution in [-0.4, -0.2) is 48.2 Å². The van der Waals surface area contributed by atoms with Gasteiger partial charge in [-0.15, -0.1) is 0 Å². The Morgan fingerprint density at radius 1 is 1.11 bits per heavy atom. The molecule has 0 aliphatic carbocycles. The summed E-state index contributed by atoms with van der Waals surface area (Å²) in [7, 11) is 0. The van der Waals surface area contributed by atoms with Crippen molar-refractivity contribution in [1.82, 2.24) is 15.3 Å². The van der Waals surface area contributed by atoms with Crippen molar-refractivity contribution in [1.29, 1.82) is 0 Å². The number of nitrogens with one attached hydrogen (secondary N) is 2. The Morgan fingerprint density at radius 3 is 2.52 bits per heavy atom. The smallest absolute Gasteiger partial charge is 0.254 e. The Bertz CT molecular complexity index is 751. The van der Waals surface area contributed by atoms with Crippen LogP contribution in [0, 0.1) is 0 Å². The van der Waals surface area contributed by atoms with E-state index in [1.165, 1.54) is 18.5 Å². The summed E-state index contributed by atoms with van der Waals surface area (Å²) < 4.78 is 5.51. The summed E-state index contributed by atoms with van der Waals surface area (Å²) in [6, 6.07) is 8.28. The lowest BCUT2D eigenvalue weighted by atomic mass is 10.2. The van der Waals surface area contributed by atoms with Crippen molar-refractivity contribution >= 4 is 23.2 Å². The highest BCUT2D eigenvalue weighted by molar-refractivity contribution is 5.93. The van der Waals surface area contributed by atoms with Crippen LogP contribution in [0.15, 0.2) is 36.7 Å². The molecule has 1 atom stereocenters. The molecule has 2 aliphatic rings. The average Bonchev–Trinajstić information content (AvgIpc) is 3.41. The van der Waals surface area contributed by atoms with Crippen LogP contribution >= 0.6 is 0 Å². The average molecular weight is 367 g/mol. The SMILES string of the molecule is O=C(NCC1CCCO1)c1cnc(Nc2ccc(N3CCCC3)cc2)nc1. The largest absolute Gasteiger partial charge is 0.376 e. The van der Waals surface area contributed by atoms with Gasteiger partial charge in [-0.25, -0.2) is 9.97 Å². The van der Waals surface area contributed by atoms with Crippen LogP contribution in [-0.2, 0) is 4.74 Å². The molecule has 2 fully saturated rings. The maximum atomic E-state index is 12.2. The van der Waals surface area contributed by atoms with Crippen molar-refractivity contribution in [3.8, 4) is 0 Å². The summed E-state index contributed by atoms with van der Waals surface area (Å²) in [6.07, 6.45) is 7.79. The first-order valence-corrected chi connectivity index (χ1v) is 9.62. The maximum absolute atomic E-state index is 12.2. The van der Waals surface area contributed by atoms with Crippen molar-refractivity contribution in [2.45, 2.75) is 31.8 Å². The number of hydrogen-bond donors (Lipinski definition) is 2. The lowest BCUT2D eigenvalue weighted by Gasteiger charge is -2.17. The van der Waals surface area contributed by atoms with Gasteiger partial charge in [0.25, 0.3) is 5.91 Å². The summed E-state index contributed by atoms with van der Waals surface area (Å²) >= 11 is 0. The second-order valence-electron chi connectivity index (χ2n) is 7.01. The van der Waals surface area contributed by atoms with E-state index in [2.05, 4.69) is 37.6 Å². The molecule has 4 rings (SSSR count). The summed E-state index contributed by atoms with van der Waals surface area (Å²) in [6.45, 7) is 3.57. The minimum absolute atomic E-state index is 0.124. The van der Waals surface area contributed by atoms with Gasteiger partial charge in [-0.2, -0.15) is 0 Å². The maximum Gasteiger partial charge on any atom is 0.254 e. The summed E-state index contributed by atoms with van der Waals surface area (Å²) in [4.78, 5) is 23.1. The standard InChI is InChI=1S/C20H25N5O2/c26-19(21-14-18-4-3-11-27-18)15-12-22-20(23-13-15)24-16-5-7-17(8-6-16)25-9-1-2-10-25/h5-8,12-13,18H,1-4,9-11,14H2,(H,21,26)(H,22,23,24). The second kappa shape index (κ2) is 8.35. The van der Waals surface area contributed by atoms with E-state index in [1.807, 2.05) is 12.1 Å². The first-order chi connectivity index (χ1) is 13.3. The molecule has 1 aromatic carbocycles. The molecular weight excluding hydrogens is 342 g/mol. The van der Waals surface area contributed by atoms with Gasteiger partial charge in [0.15, 0.2) is 0 Å². The number of anilines is 3. The van der Waals surface area contributed by atoms with Crippen LogP contribution in [0.1, 0.15) is 36.0 Å². The van der Waals surface area contributed by atoms with E-state index in [-0.39, 0.29) is 12.0 Å². The Balaban J connectivity index is 1.31. The molecule has 27 heavy (non-hydrogen) atoms. The van der Waals surface area contributed by atoms with Crippen molar-refractivity contribution in [3.63, 3.8) is 0 Å². The van der Waals surface area contributed by atoms with Gasteiger partial charge in [0.05, 0.1) is 11.7 Å². The Labute approximate surface area is 159 Å². The first-order valence-electron chi connectivity index (χ1n) is 9.62. The molecule has 0 spiro atoms. The molecule has 2 saturated heterocycles. The predicted molar refractivity (Wildman–Crippen MR) is 105 cm³/mol. The first kappa shape index (κ1) is 17.7. The quantitative estimate of drug-likeness (QED) is 0.817. The molecule has 1 amide bonds. The van der Waals surface area contributed by atoms with Crippen LogP contribution in [0.25, 0.3) is 0 Å². The number of amides is 1. The molecule has 2 aliphatic heterocycles. The molecule has 7 heteroatoms. The number of hydrogen-bond acceptors (Lipinski definition) is 6. The van der Waals surface area contributed by atoms with Crippen molar-refractivity contribution in [2.24, 2.45) is 0 Å². The third kappa shape index (κ3) is 4.54. The van der Waals surface area contributed by atoms with Gasteiger partial charge >= 0.3 is 0 Å². The number of aromatic nitrogens is 2. The van der Waals surface area contributed by atoms with Gasteiger partial charge in [0.1, 0.15) is 0 Å². The fourth-order valence-electron chi connectivity index (χ4n) is 3.48. The highest BCUT2D eigenvalue weighted by atomic mass is 16.5. The minimum Gasteiger partial charge on any atom is -0.376 e. The number of ether oxygens (including phenoxy) is 1. The van der Waals surface area contributed by atoms with Crippen LogP contribution in [0.3, 0.4) is 0 Å². The monoisotopic (exact) mass is 367 g/mol. The van der Waals surface area contributed by atoms with E-state index in [0.29, 0.717) is 18.1 Å². The lowest BCUT2D eigenvalue weighted by Crippen LogP contribution is -2.31. The fourth-order valence-corrected chi connectivity index (χ4v) is 3.48. The van der Waals surface area contributed by atoms with Gasteiger partial charge in [0, 0.05) is 50.0 Å². The zero-order valence-electron chi connectivity index (χ0n) is 15.4. The van der Waals surface area contributed by atoms with Crippen LogP contribution in [0.5, 0.6) is 0 Å². The molecule has 0 bridgehead atoms. The van der Waals surface area contributed by atoms with Crippen LogP contribution in [0.4, 0.5) is 17.3 Å². The van der Waals surface area contributed by atoms with Crippen molar-refractivity contribution in [3.05, 3.63) is 42.2 Å². The zero-order valence-corrected chi connectivity index (χ0v) is 15.4. The Morgan fingerprint density at radius 2 is 1.85 bits per heavy atom. The highest BCUT2D eigenvalue weighted by Gasteiger charge is 2.17. The molecule has 0 saturated carbocycles. The topological polar surface area (TPSA) is 79.4 Å². The predicted octanol–water partition coefficient (Wildman–Crippen LogP) is 2.73. The number of carbonyl (C=O) groups excluding carboxylic acids is 1. The Hall–Kier alpha value is -2.67. The van der Waals surface area contributed by atoms with Gasteiger partial charge in [0.2, 0.25) is 5.95 Å². The van der Waals surface area contributed by atoms with E-state index in [1.54, 1.807) is 12.4 Å². The highest BCUT2D eigenvalue weighted by Crippen LogP contribution is 2.23. The third-order valence-corrected chi connectivity index (χ3v) is 5.02. The summed E-state index contributed by atoms with van der Waals surface area (Å²) in [5.74, 6) is 0.298. The normalized spacial score (nSPS) is 19.3. The van der Waals surface area contributed by atoms with E-state index in [9.17, 15) is 4.79 Å². The minimum atomic E-state index is -0.174. The number of rotatable bonds is 6. The van der Waals surface area contributed by atoms with E-state index in [0.717, 1.165) is 38.2 Å². The van der Waals surface area contributed by atoms with Crippen molar-refractivity contribution < 1.29 is 9.53 Å². The molecule has 0 radical (unpaired) electrons. The molecule has 7 nitrogen and oxygen atoms in total. The van der Waals surface area contributed by atoms with Crippen LogP contribution < -0.4 is 15.5 Å². The van der Waals surface area contributed by atoms with E-state index in [4.69, 9.17) is 4.74 Å². The van der Waals surface area contributed by atoms with E-state index >= 15 is 0 Å². The number of nitrogens with zero attached hydrogens (tertiary/aromatic N) is 3. The molecule has 1 aromatic heterocycles. The lowest BCUT2D eigenvalue weighted by molar-refractivity contribution is 0.0857. The van der Waals surface area contributed by atoms with Gasteiger partial charge in [-0.05, 0) is 49.9 Å². The third-order valence-electron chi connectivity index (χ3n) is 5.02. The number of benzene rings is 1. The van der Waals surface area contributed by atoms with Crippen LogP contribution in [0.2, 0.25) is 0 Å². The van der Waals surface area contributed by atoms with Gasteiger partial charge < -0.3 is 20.3 Å². The zero-order chi connectivity index (χ0) is 18.5. The fraction of sp³-hybridized carbons (Fsp3) is 0.450. The van der Waals surface area contributed by atoms with Gasteiger partial charge in [-0.3, -0.25) is 4.79 Å². The molecule has 3 heterocycles. The van der Waals surface area contributed by atoms with Gasteiger partial charge in [-0.1, -0.05) is 0 Å². The Kier molecular flexibility index (Phi) is 5.48. The second-order valence-corrected chi connectivity index (χ2v) is 7.01. The molecule has 2 N–H and O–H groups in total. The van der Waals surface area contributed by atoms with E-state index < -0.39 is 0 Å². The molecule has 2 aromatic rings. The van der Waals surface area contributed by atoms with Crippen molar-refractivity contribution in [2.75, 3.05) is 36.5 Å². The summed E-state index contributed by atoms with van der Waals surface area (Å²) in [5.41, 5.74) is 2.62. The summed E-state index contributed by atoms with van der Waals surface area (Å²) in [5, 5.41) is 6.05. The number of carbonyl (C=O) groups is 1.